The normalized spacial score (nSPS) is 32.1. The van der Waals surface area contributed by atoms with Crippen LogP contribution in [0.4, 0.5) is 0 Å². The average molecular weight is 220 g/mol. The summed E-state index contributed by atoms with van der Waals surface area (Å²) in [5, 5.41) is 0. The van der Waals surface area contributed by atoms with E-state index in [1.54, 1.807) is 6.92 Å². The lowest BCUT2D eigenvalue weighted by Crippen LogP contribution is -2.42. The number of carbonyl (C=O) groups excluding carboxylic acids is 1. The van der Waals surface area contributed by atoms with E-state index in [9.17, 15) is 4.79 Å². The molecule has 64 valence electrons. The Morgan fingerprint density at radius 3 is 2.73 bits per heavy atom. The van der Waals surface area contributed by atoms with E-state index in [1.807, 2.05) is 4.90 Å². The van der Waals surface area contributed by atoms with Crippen LogP contribution in [0.2, 0.25) is 0 Å². The van der Waals surface area contributed by atoms with Crippen molar-refractivity contribution in [2.45, 2.75) is 25.1 Å². The van der Waals surface area contributed by atoms with E-state index in [4.69, 9.17) is 0 Å². The highest BCUT2D eigenvalue weighted by Crippen LogP contribution is 2.22. The molecule has 2 nitrogen and oxygen atoms in total. The molecule has 0 aromatic carbocycles. The molecule has 0 aromatic heterocycles. The number of hydrogen-bond donors (Lipinski definition) is 0. The van der Waals surface area contributed by atoms with Crippen LogP contribution in [-0.4, -0.2) is 28.7 Å². The molecule has 0 saturated carbocycles. The fourth-order valence-corrected chi connectivity index (χ4v) is 1.77. The van der Waals surface area contributed by atoms with Crippen LogP contribution in [0.5, 0.6) is 0 Å². The minimum atomic E-state index is 0.205. The molecule has 0 aliphatic carbocycles. The number of hydrogen-bond acceptors (Lipinski definition) is 1. The number of piperidine rings is 1. The van der Waals surface area contributed by atoms with Gasteiger partial charge in [-0.15, -0.1) is 0 Å². The van der Waals surface area contributed by atoms with Gasteiger partial charge in [0.25, 0.3) is 0 Å². The Kier molecular flexibility index (Phi) is 2.93. The van der Waals surface area contributed by atoms with Gasteiger partial charge in [0.15, 0.2) is 0 Å². The van der Waals surface area contributed by atoms with Gasteiger partial charge in [-0.1, -0.05) is 22.9 Å². The van der Waals surface area contributed by atoms with Crippen molar-refractivity contribution in [3.63, 3.8) is 0 Å². The van der Waals surface area contributed by atoms with Crippen molar-refractivity contribution in [3.8, 4) is 0 Å². The van der Waals surface area contributed by atoms with Crippen molar-refractivity contribution in [2.24, 2.45) is 5.92 Å². The van der Waals surface area contributed by atoms with E-state index in [1.165, 1.54) is 0 Å². The molecule has 0 aromatic rings. The maximum atomic E-state index is 11.0. The Hall–Kier alpha value is -0.0500. The zero-order chi connectivity index (χ0) is 8.43. The third-order valence-corrected chi connectivity index (χ3v) is 3.61. The summed E-state index contributed by atoms with van der Waals surface area (Å²) in [6.07, 6.45) is 1.08. The Labute approximate surface area is 76.1 Å². The second-order valence-electron chi connectivity index (χ2n) is 3.25. The van der Waals surface area contributed by atoms with Crippen molar-refractivity contribution in [3.05, 3.63) is 0 Å². The summed E-state index contributed by atoms with van der Waals surface area (Å²) in [6, 6.07) is 0. The Morgan fingerprint density at radius 2 is 2.27 bits per heavy atom. The lowest BCUT2D eigenvalue weighted by molar-refractivity contribution is -0.130. The Morgan fingerprint density at radius 1 is 1.64 bits per heavy atom. The number of carbonyl (C=O) groups is 1. The molecule has 1 fully saturated rings. The number of alkyl halides is 1. The van der Waals surface area contributed by atoms with Gasteiger partial charge >= 0.3 is 0 Å². The van der Waals surface area contributed by atoms with Crippen LogP contribution in [0.25, 0.3) is 0 Å². The number of halogens is 1. The molecule has 1 amide bonds. The first-order valence-electron chi connectivity index (χ1n) is 4.01. The van der Waals surface area contributed by atoms with Crippen molar-refractivity contribution in [1.82, 2.24) is 4.90 Å². The smallest absolute Gasteiger partial charge is 0.219 e. The summed E-state index contributed by atoms with van der Waals surface area (Å²) in [6.45, 7) is 5.64. The molecular weight excluding hydrogens is 206 g/mol. The molecule has 2 unspecified atom stereocenters. The predicted molar refractivity (Wildman–Crippen MR) is 48.8 cm³/mol. The average Bonchev–Trinajstić information content (AvgIpc) is 1.94. The van der Waals surface area contributed by atoms with Gasteiger partial charge < -0.3 is 4.90 Å². The van der Waals surface area contributed by atoms with Crippen LogP contribution in [0.3, 0.4) is 0 Å². The van der Waals surface area contributed by atoms with Crippen LogP contribution >= 0.6 is 15.9 Å². The van der Waals surface area contributed by atoms with Gasteiger partial charge in [-0.3, -0.25) is 4.79 Å². The van der Waals surface area contributed by atoms with Crippen LogP contribution in [-0.2, 0) is 4.79 Å². The van der Waals surface area contributed by atoms with Gasteiger partial charge in [0.2, 0.25) is 5.91 Å². The minimum absolute atomic E-state index is 0.205. The molecule has 1 aliphatic heterocycles. The molecular formula is C8H14BrNO. The number of amides is 1. The molecule has 0 N–H and O–H groups in total. The lowest BCUT2D eigenvalue weighted by Gasteiger charge is -2.33. The van der Waals surface area contributed by atoms with E-state index in [-0.39, 0.29) is 5.91 Å². The summed E-state index contributed by atoms with van der Waals surface area (Å²) in [5.74, 6) is 0.795. The van der Waals surface area contributed by atoms with Gasteiger partial charge in [-0.25, -0.2) is 0 Å². The molecule has 0 radical (unpaired) electrons. The summed E-state index contributed by atoms with van der Waals surface area (Å²) in [5.41, 5.74) is 0. The zero-order valence-corrected chi connectivity index (χ0v) is 8.60. The highest BCUT2D eigenvalue weighted by Gasteiger charge is 2.24. The van der Waals surface area contributed by atoms with Crippen LogP contribution in [0.1, 0.15) is 20.3 Å². The number of nitrogens with zero attached hydrogens (tertiary/aromatic N) is 1. The first-order chi connectivity index (χ1) is 5.11. The summed E-state index contributed by atoms with van der Waals surface area (Å²) < 4.78 is 0. The van der Waals surface area contributed by atoms with Crippen molar-refractivity contribution in [1.29, 1.82) is 0 Å². The molecule has 1 aliphatic rings. The van der Waals surface area contributed by atoms with Gasteiger partial charge in [-0.05, 0) is 12.3 Å². The van der Waals surface area contributed by atoms with E-state index in [0.29, 0.717) is 10.7 Å². The maximum absolute atomic E-state index is 11.0. The topological polar surface area (TPSA) is 20.3 Å². The predicted octanol–water partition coefficient (Wildman–Crippen LogP) is 1.64. The standard InChI is InChI=1S/C8H14BrNO/c1-6-5-10(7(2)11)4-3-8(6)9/h6,8H,3-5H2,1-2H3. The molecule has 3 heteroatoms. The first kappa shape index (κ1) is 9.04. The molecule has 0 bridgehead atoms. The molecule has 2 atom stereocenters. The second kappa shape index (κ2) is 3.57. The highest BCUT2D eigenvalue weighted by molar-refractivity contribution is 9.09. The number of likely N-dealkylation sites (tertiary alicyclic amines) is 1. The van der Waals surface area contributed by atoms with Crippen molar-refractivity contribution >= 4 is 21.8 Å². The Balaban J connectivity index is 2.46. The monoisotopic (exact) mass is 219 g/mol. The van der Waals surface area contributed by atoms with Crippen LogP contribution in [0, 0.1) is 5.92 Å². The van der Waals surface area contributed by atoms with Gasteiger partial charge in [0.1, 0.15) is 0 Å². The van der Waals surface area contributed by atoms with Gasteiger partial charge in [0, 0.05) is 24.8 Å². The molecule has 11 heavy (non-hydrogen) atoms. The number of rotatable bonds is 0. The summed E-state index contributed by atoms with van der Waals surface area (Å²) in [4.78, 5) is 13.5. The van der Waals surface area contributed by atoms with Gasteiger partial charge in [-0.2, -0.15) is 0 Å². The largest absolute Gasteiger partial charge is 0.343 e. The minimum Gasteiger partial charge on any atom is -0.343 e. The van der Waals surface area contributed by atoms with Crippen LogP contribution < -0.4 is 0 Å². The van der Waals surface area contributed by atoms with Crippen LogP contribution in [0.15, 0.2) is 0 Å². The van der Waals surface area contributed by atoms with Crippen molar-refractivity contribution < 1.29 is 4.79 Å². The molecule has 1 rings (SSSR count). The quantitative estimate of drug-likeness (QED) is 0.568. The molecule has 1 heterocycles. The van der Waals surface area contributed by atoms with E-state index in [0.717, 1.165) is 19.5 Å². The van der Waals surface area contributed by atoms with Gasteiger partial charge in [0.05, 0.1) is 0 Å². The first-order valence-corrected chi connectivity index (χ1v) is 4.92. The van der Waals surface area contributed by atoms with E-state index < -0.39 is 0 Å². The maximum Gasteiger partial charge on any atom is 0.219 e. The zero-order valence-electron chi connectivity index (χ0n) is 7.01. The fourth-order valence-electron chi connectivity index (χ4n) is 1.40. The fraction of sp³-hybridized carbons (Fsp3) is 0.875. The SMILES string of the molecule is CC(=O)N1CCC(Br)C(C)C1. The Bertz CT molecular complexity index is 160. The molecule has 0 spiro atoms. The summed E-state index contributed by atoms with van der Waals surface area (Å²) >= 11 is 3.59. The third-order valence-electron chi connectivity index (χ3n) is 2.25. The van der Waals surface area contributed by atoms with Crippen molar-refractivity contribution in [2.75, 3.05) is 13.1 Å². The molecule has 1 saturated heterocycles. The lowest BCUT2D eigenvalue weighted by atomic mass is 10.0. The van der Waals surface area contributed by atoms with E-state index >= 15 is 0 Å². The second-order valence-corrected chi connectivity index (χ2v) is 4.42. The highest BCUT2D eigenvalue weighted by atomic mass is 79.9. The third kappa shape index (κ3) is 2.19. The van der Waals surface area contributed by atoms with E-state index in [2.05, 4.69) is 22.9 Å². The summed E-state index contributed by atoms with van der Waals surface area (Å²) in [7, 11) is 0.